The number of anilines is 2. The predicted octanol–water partition coefficient (Wildman–Crippen LogP) is 2.93. The van der Waals surface area contributed by atoms with Crippen LogP contribution in [0.1, 0.15) is 34.9 Å². The monoisotopic (exact) mass is 299 g/mol. The molecule has 0 saturated carbocycles. The number of hydrogen-bond acceptors (Lipinski definition) is 6. The highest BCUT2D eigenvalue weighted by Crippen LogP contribution is 2.28. The summed E-state index contributed by atoms with van der Waals surface area (Å²) in [7, 11) is 0. The fourth-order valence-electron chi connectivity index (χ4n) is 2.52. The van der Waals surface area contributed by atoms with E-state index < -0.39 is 0 Å². The van der Waals surface area contributed by atoms with E-state index in [4.69, 9.17) is 0 Å². The number of thiazole rings is 1. The van der Waals surface area contributed by atoms with E-state index in [2.05, 4.69) is 26.7 Å². The second-order valence-electron chi connectivity index (χ2n) is 5.17. The Hall–Kier alpha value is -1.97. The zero-order valence-corrected chi connectivity index (χ0v) is 12.7. The van der Waals surface area contributed by atoms with Gasteiger partial charge in [-0.05, 0) is 45.0 Å². The highest BCUT2D eigenvalue weighted by Gasteiger charge is 2.18. The molecule has 1 aliphatic heterocycles. The maximum Gasteiger partial charge on any atom is 0.188 e. The summed E-state index contributed by atoms with van der Waals surface area (Å²) in [5.41, 5.74) is 1.62. The molecule has 1 aliphatic rings. The van der Waals surface area contributed by atoms with Crippen molar-refractivity contribution in [2.24, 2.45) is 0 Å². The standard InChI is InChI=1S/C15H17N5S/c1-10-9-18-15(21-10)20-14-12(8-16)2-3-13(19-14)11-4-6-17-7-5-11/h2-3,9,11,17H,4-7H2,1H3,(H,18,19,20). The Bertz CT molecular complexity index is 667. The quantitative estimate of drug-likeness (QED) is 0.911. The van der Waals surface area contributed by atoms with Crippen LogP contribution in [0.2, 0.25) is 0 Å². The van der Waals surface area contributed by atoms with Crippen LogP contribution < -0.4 is 10.6 Å². The van der Waals surface area contributed by atoms with Crippen LogP contribution in [0.5, 0.6) is 0 Å². The third-order valence-corrected chi connectivity index (χ3v) is 4.47. The van der Waals surface area contributed by atoms with Crippen LogP contribution >= 0.6 is 11.3 Å². The molecule has 2 aromatic heterocycles. The molecule has 0 aromatic carbocycles. The molecule has 2 N–H and O–H groups in total. The molecule has 0 atom stereocenters. The van der Waals surface area contributed by atoms with Crippen molar-refractivity contribution in [3.63, 3.8) is 0 Å². The summed E-state index contributed by atoms with van der Waals surface area (Å²) in [6.45, 7) is 4.06. The lowest BCUT2D eigenvalue weighted by atomic mass is 9.94. The normalized spacial score (nSPS) is 15.6. The molecule has 3 heterocycles. The average molecular weight is 299 g/mol. The molecule has 0 bridgehead atoms. The van der Waals surface area contributed by atoms with Crippen LogP contribution in [-0.2, 0) is 0 Å². The highest BCUT2D eigenvalue weighted by atomic mass is 32.1. The van der Waals surface area contributed by atoms with Crippen molar-refractivity contribution in [2.75, 3.05) is 18.4 Å². The van der Waals surface area contributed by atoms with Gasteiger partial charge in [-0.15, -0.1) is 11.3 Å². The van der Waals surface area contributed by atoms with Gasteiger partial charge in [-0.25, -0.2) is 9.97 Å². The first-order valence-electron chi connectivity index (χ1n) is 7.07. The smallest absolute Gasteiger partial charge is 0.188 e. The van der Waals surface area contributed by atoms with Crippen molar-refractivity contribution >= 4 is 22.3 Å². The number of nitriles is 1. The van der Waals surface area contributed by atoms with Gasteiger partial charge in [0.05, 0.1) is 5.56 Å². The Morgan fingerprint density at radius 2 is 2.19 bits per heavy atom. The molecule has 0 amide bonds. The van der Waals surface area contributed by atoms with Gasteiger partial charge < -0.3 is 10.6 Å². The SMILES string of the molecule is Cc1cnc(Nc2nc(C3CCNCC3)ccc2C#N)s1. The van der Waals surface area contributed by atoms with Gasteiger partial charge in [0.25, 0.3) is 0 Å². The predicted molar refractivity (Wildman–Crippen MR) is 83.9 cm³/mol. The zero-order chi connectivity index (χ0) is 14.7. The molecule has 1 saturated heterocycles. The molecule has 21 heavy (non-hydrogen) atoms. The van der Waals surface area contributed by atoms with E-state index in [1.807, 2.05) is 25.3 Å². The summed E-state index contributed by atoms with van der Waals surface area (Å²) in [6.07, 6.45) is 4.00. The molecular formula is C15H17N5S. The van der Waals surface area contributed by atoms with Gasteiger partial charge in [-0.3, -0.25) is 0 Å². The van der Waals surface area contributed by atoms with E-state index in [9.17, 15) is 5.26 Å². The van der Waals surface area contributed by atoms with E-state index in [1.165, 1.54) is 0 Å². The van der Waals surface area contributed by atoms with E-state index in [-0.39, 0.29) is 0 Å². The van der Waals surface area contributed by atoms with E-state index in [1.54, 1.807) is 11.3 Å². The first-order valence-corrected chi connectivity index (χ1v) is 7.89. The summed E-state index contributed by atoms with van der Waals surface area (Å²) in [6, 6.07) is 6.03. The summed E-state index contributed by atoms with van der Waals surface area (Å²) < 4.78 is 0. The van der Waals surface area contributed by atoms with Crippen molar-refractivity contribution in [2.45, 2.75) is 25.7 Å². The maximum absolute atomic E-state index is 9.25. The van der Waals surface area contributed by atoms with Crippen LogP contribution in [0.3, 0.4) is 0 Å². The Kier molecular flexibility index (Phi) is 4.13. The minimum absolute atomic E-state index is 0.470. The van der Waals surface area contributed by atoms with E-state index in [0.29, 0.717) is 17.3 Å². The molecule has 1 fully saturated rings. The van der Waals surface area contributed by atoms with Crippen LogP contribution in [0.15, 0.2) is 18.3 Å². The molecule has 5 nitrogen and oxygen atoms in total. The Morgan fingerprint density at radius 3 is 2.86 bits per heavy atom. The van der Waals surface area contributed by atoms with Crippen LogP contribution in [0.25, 0.3) is 0 Å². The summed E-state index contributed by atoms with van der Waals surface area (Å²) in [5.74, 6) is 1.08. The van der Waals surface area contributed by atoms with Gasteiger partial charge in [0.2, 0.25) is 0 Å². The van der Waals surface area contributed by atoms with Crippen LogP contribution in [0, 0.1) is 18.3 Å². The molecular weight excluding hydrogens is 282 g/mol. The highest BCUT2D eigenvalue weighted by molar-refractivity contribution is 7.15. The van der Waals surface area contributed by atoms with E-state index in [0.717, 1.165) is 41.6 Å². The first kappa shape index (κ1) is 14.0. The molecule has 0 aliphatic carbocycles. The molecule has 108 valence electrons. The number of nitrogens with one attached hydrogen (secondary N) is 2. The van der Waals surface area contributed by atoms with Crippen molar-refractivity contribution in [1.82, 2.24) is 15.3 Å². The number of pyridine rings is 1. The summed E-state index contributed by atoms with van der Waals surface area (Å²) >= 11 is 1.56. The minimum Gasteiger partial charge on any atom is -0.317 e. The molecule has 6 heteroatoms. The zero-order valence-electron chi connectivity index (χ0n) is 11.9. The Balaban J connectivity index is 1.88. The fourth-order valence-corrected chi connectivity index (χ4v) is 3.18. The maximum atomic E-state index is 9.25. The molecule has 3 rings (SSSR count). The van der Waals surface area contributed by atoms with Gasteiger partial charge in [-0.2, -0.15) is 5.26 Å². The van der Waals surface area contributed by atoms with Crippen LogP contribution in [-0.4, -0.2) is 23.1 Å². The Morgan fingerprint density at radius 1 is 1.38 bits per heavy atom. The number of rotatable bonds is 3. The van der Waals surface area contributed by atoms with Crippen molar-refractivity contribution in [3.05, 3.63) is 34.5 Å². The summed E-state index contributed by atoms with van der Waals surface area (Å²) in [4.78, 5) is 10.1. The van der Waals surface area contributed by atoms with Crippen molar-refractivity contribution < 1.29 is 0 Å². The van der Waals surface area contributed by atoms with Gasteiger partial charge in [0.1, 0.15) is 11.9 Å². The van der Waals surface area contributed by atoms with E-state index >= 15 is 0 Å². The second-order valence-corrected chi connectivity index (χ2v) is 6.40. The van der Waals surface area contributed by atoms with Gasteiger partial charge in [-0.1, -0.05) is 0 Å². The average Bonchev–Trinajstić information content (AvgIpc) is 2.93. The number of hydrogen-bond donors (Lipinski definition) is 2. The minimum atomic E-state index is 0.470. The molecule has 2 aromatic rings. The molecule has 0 radical (unpaired) electrons. The first-order chi connectivity index (χ1) is 10.3. The lowest BCUT2D eigenvalue weighted by Crippen LogP contribution is -2.27. The molecule has 0 unspecified atom stereocenters. The fraction of sp³-hybridized carbons (Fsp3) is 0.400. The number of aromatic nitrogens is 2. The molecule has 0 spiro atoms. The van der Waals surface area contributed by atoms with Crippen LogP contribution in [0.4, 0.5) is 10.9 Å². The van der Waals surface area contributed by atoms with Crippen molar-refractivity contribution in [1.29, 1.82) is 5.26 Å². The number of nitrogens with zero attached hydrogens (tertiary/aromatic N) is 3. The van der Waals surface area contributed by atoms with Gasteiger partial charge in [0.15, 0.2) is 5.13 Å². The third-order valence-electron chi connectivity index (χ3n) is 3.64. The second kappa shape index (κ2) is 6.20. The topological polar surface area (TPSA) is 73.6 Å². The van der Waals surface area contributed by atoms with Gasteiger partial charge >= 0.3 is 0 Å². The Labute approximate surface area is 128 Å². The van der Waals surface area contributed by atoms with Crippen molar-refractivity contribution in [3.8, 4) is 6.07 Å². The lowest BCUT2D eigenvalue weighted by molar-refractivity contribution is 0.453. The summed E-state index contributed by atoms with van der Waals surface area (Å²) in [5, 5.41) is 16.6. The van der Waals surface area contributed by atoms with Gasteiger partial charge in [0, 0.05) is 22.7 Å². The number of piperidine rings is 1. The third kappa shape index (κ3) is 3.20. The lowest BCUT2D eigenvalue weighted by Gasteiger charge is -2.22. The largest absolute Gasteiger partial charge is 0.317 e. The number of aryl methyl sites for hydroxylation is 1.